The summed E-state index contributed by atoms with van der Waals surface area (Å²) in [6.07, 6.45) is 5.63. The van der Waals surface area contributed by atoms with E-state index in [1.807, 2.05) is 6.92 Å². The Labute approximate surface area is 91.7 Å². The summed E-state index contributed by atoms with van der Waals surface area (Å²) in [4.78, 5) is 15.4. The maximum Gasteiger partial charge on any atom is 0.356 e. The molecule has 5 nitrogen and oxygen atoms in total. The number of hydrogen-bond acceptors (Lipinski definition) is 3. The molecule has 0 atom stereocenters. The fraction of sp³-hybridized carbons (Fsp3) is 0.364. The number of nitrogens with zero attached hydrogens (tertiary/aromatic N) is 3. The van der Waals surface area contributed by atoms with Crippen molar-refractivity contribution in [3.05, 3.63) is 29.2 Å². The smallest absolute Gasteiger partial charge is 0.356 e. The molecule has 16 heavy (non-hydrogen) atoms. The first kappa shape index (κ1) is 9.33. The van der Waals surface area contributed by atoms with E-state index in [9.17, 15) is 4.79 Å². The van der Waals surface area contributed by atoms with Crippen LogP contribution in [0.4, 0.5) is 0 Å². The topological polar surface area (TPSA) is 67.5 Å². The van der Waals surface area contributed by atoms with Crippen molar-refractivity contribution in [3.8, 4) is 0 Å². The zero-order valence-electron chi connectivity index (χ0n) is 8.84. The van der Waals surface area contributed by atoms with E-state index in [0.29, 0.717) is 11.6 Å². The monoisotopic (exact) mass is 217 g/mol. The molecule has 1 aliphatic rings. The van der Waals surface area contributed by atoms with Gasteiger partial charge in [-0.3, -0.25) is 0 Å². The predicted molar refractivity (Wildman–Crippen MR) is 56.7 cm³/mol. The first-order valence-corrected chi connectivity index (χ1v) is 5.25. The average Bonchev–Trinajstić information content (AvgIpc) is 2.99. The van der Waals surface area contributed by atoms with Crippen LogP contribution in [0.1, 0.15) is 40.4 Å². The van der Waals surface area contributed by atoms with E-state index in [0.717, 1.165) is 24.0 Å². The summed E-state index contributed by atoms with van der Waals surface area (Å²) in [5, 5.41) is 13.2. The molecule has 0 saturated heterocycles. The molecule has 2 aromatic heterocycles. The Morgan fingerprint density at radius 1 is 1.56 bits per heavy atom. The Bertz CT molecular complexity index is 584. The van der Waals surface area contributed by atoms with E-state index < -0.39 is 5.97 Å². The molecule has 0 spiro atoms. The lowest BCUT2D eigenvalue weighted by atomic mass is 10.1. The predicted octanol–water partition coefficient (Wildman–Crippen LogP) is 1.61. The van der Waals surface area contributed by atoms with Crippen molar-refractivity contribution < 1.29 is 9.90 Å². The third-order valence-electron chi connectivity index (χ3n) is 2.83. The van der Waals surface area contributed by atoms with Crippen LogP contribution in [-0.2, 0) is 0 Å². The Balaban J connectivity index is 2.32. The van der Waals surface area contributed by atoms with Gasteiger partial charge >= 0.3 is 5.97 Å². The van der Waals surface area contributed by atoms with Crippen LogP contribution in [0.2, 0.25) is 0 Å². The molecular weight excluding hydrogens is 206 g/mol. The molecule has 0 aliphatic heterocycles. The fourth-order valence-electron chi connectivity index (χ4n) is 1.95. The zero-order valence-corrected chi connectivity index (χ0v) is 8.84. The summed E-state index contributed by atoms with van der Waals surface area (Å²) in [5.74, 6) is -0.635. The number of fused-ring (bicyclic) bond motifs is 1. The molecule has 0 radical (unpaired) electrons. The lowest BCUT2D eigenvalue weighted by Crippen LogP contribution is -2.00. The van der Waals surface area contributed by atoms with Crippen LogP contribution in [0, 0.1) is 6.92 Å². The minimum atomic E-state index is -0.968. The van der Waals surface area contributed by atoms with Crippen molar-refractivity contribution in [2.45, 2.75) is 25.7 Å². The number of aromatic nitrogens is 3. The molecule has 0 amide bonds. The fourth-order valence-corrected chi connectivity index (χ4v) is 1.95. The summed E-state index contributed by atoms with van der Waals surface area (Å²) in [6, 6.07) is 0. The molecule has 1 fully saturated rings. The summed E-state index contributed by atoms with van der Waals surface area (Å²) >= 11 is 0. The lowest BCUT2D eigenvalue weighted by molar-refractivity contribution is 0.0689. The second-order valence-electron chi connectivity index (χ2n) is 4.24. The molecule has 2 heterocycles. The lowest BCUT2D eigenvalue weighted by Gasteiger charge is -1.96. The van der Waals surface area contributed by atoms with Gasteiger partial charge in [-0.05, 0) is 31.2 Å². The summed E-state index contributed by atoms with van der Waals surface area (Å²) in [5.41, 5.74) is 2.60. The van der Waals surface area contributed by atoms with Crippen molar-refractivity contribution in [1.82, 2.24) is 14.6 Å². The van der Waals surface area contributed by atoms with Gasteiger partial charge in [-0.15, -0.1) is 0 Å². The van der Waals surface area contributed by atoms with Gasteiger partial charge in [0.05, 0.1) is 0 Å². The van der Waals surface area contributed by atoms with Crippen LogP contribution in [0.5, 0.6) is 0 Å². The van der Waals surface area contributed by atoms with E-state index in [1.54, 1.807) is 16.9 Å². The maximum absolute atomic E-state index is 11.1. The molecule has 1 saturated carbocycles. The standard InChI is InChI=1S/C11H11N3O2/c1-6-4-12-10-8(7-2-3-7)9(11(15)16)13-14(10)5-6/h4-5,7H,2-3H2,1H3,(H,15,16). The molecule has 82 valence electrons. The Hall–Kier alpha value is -1.91. The second kappa shape index (κ2) is 3.04. The highest BCUT2D eigenvalue weighted by molar-refractivity contribution is 5.90. The highest BCUT2D eigenvalue weighted by atomic mass is 16.4. The second-order valence-corrected chi connectivity index (χ2v) is 4.24. The molecular formula is C11H11N3O2. The number of carbonyl (C=O) groups is 1. The molecule has 0 bridgehead atoms. The number of aryl methyl sites for hydroxylation is 1. The Morgan fingerprint density at radius 3 is 2.94 bits per heavy atom. The third-order valence-corrected chi connectivity index (χ3v) is 2.83. The number of carboxylic acids is 1. The van der Waals surface area contributed by atoms with Gasteiger partial charge in [0.2, 0.25) is 0 Å². The van der Waals surface area contributed by atoms with Crippen LogP contribution in [0.3, 0.4) is 0 Å². The van der Waals surface area contributed by atoms with Crippen molar-refractivity contribution in [1.29, 1.82) is 0 Å². The van der Waals surface area contributed by atoms with Gasteiger partial charge in [0.1, 0.15) is 0 Å². The van der Waals surface area contributed by atoms with Gasteiger partial charge in [0.25, 0.3) is 0 Å². The van der Waals surface area contributed by atoms with E-state index in [2.05, 4.69) is 10.1 Å². The van der Waals surface area contributed by atoms with E-state index in [1.165, 1.54) is 0 Å². The quantitative estimate of drug-likeness (QED) is 0.829. The minimum absolute atomic E-state index is 0.153. The van der Waals surface area contributed by atoms with Gasteiger partial charge in [-0.25, -0.2) is 14.3 Å². The molecule has 0 aromatic carbocycles. The number of aromatic carboxylic acids is 1. The number of hydrogen-bond donors (Lipinski definition) is 1. The Morgan fingerprint density at radius 2 is 2.31 bits per heavy atom. The van der Waals surface area contributed by atoms with Crippen molar-refractivity contribution in [3.63, 3.8) is 0 Å². The summed E-state index contributed by atoms with van der Waals surface area (Å²) in [7, 11) is 0. The number of rotatable bonds is 2. The van der Waals surface area contributed by atoms with Crippen LogP contribution in [0.15, 0.2) is 12.4 Å². The van der Waals surface area contributed by atoms with Crippen LogP contribution >= 0.6 is 0 Å². The van der Waals surface area contributed by atoms with Crippen molar-refractivity contribution in [2.24, 2.45) is 0 Å². The molecule has 1 aliphatic carbocycles. The zero-order chi connectivity index (χ0) is 11.3. The van der Waals surface area contributed by atoms with Gasteiger partial charge in [0.15, 0.2) is 11.3 Å². The van der Waals surface area contributed by atoms with E-state index in [-0.39, 0.29) is 5.69 Å². The highest BCUT2D eigenvalue weighted by Crippen LogP contribution is 2.43. The largest absolute Gasteiger partial charge is 0.476 e. The number of carboxylic acid groups (broad SMARTS) is 1. The van der Waals surface area contributed by atoms with Crippen LogP contribution < -0.4 is 0 Å². The summed E-state index contributed by atoms with van der Waals surface area (Å²) < 4.78 is 1.58. The third kappa shape index (κ3) is 1.28. The first-order chi connectivity index (χ1) is 7.66. The molecule has 5 heteroatoms. The highest BCUT2D eigenvalue weighted by Gasteiger charge is 2.33. The summed E-state index contributed by atoms with van der Waals surface area (Å²) in [6.45, 7) is 1.91. The Kier molecular flexibility index (Phi) is 1.77. The molecule has 3 rings (SSSR count). The van der Waals surface area contributed by atoms with E-state index >= 15 is 0 Å². The van der Waals surface area contributed by atoms with Crippen molar-refractivity contribution in [2.75, 3.05) is 0 Å². The van der Waals surface area contributed by atoms with Gasteiger partial charge in [-0.2, -0.15) is 5.10 Å². The maximum atomic E-state index is 11.1. The van der Waals surface area contributed by atoms with Crippen molar-refractivity contribution >= 4 is 11.6 Å². The van der Waals surface area contributed by atoms with Crippen LogP contribution in [-0.4, -0.2) is 25.7 Å². The molecule has 1 N–H and O–H groups in total. The molecule has 2 aromatic rings. The first-order valence-electron chi connectivity index (χ1n) is 5.25. The van der Waals surface area contributed by atoms with Gasteiger partial charge in [0, 0.05) is 18.0 Å². The van der Waals surface area contributed by atoms with Gasteiger partial charge < -0.3 is 5.11 Å². The van der Waals surface area contributed by atoms with E-state index in [4.69, 9.17) is 5.11 Å². The average molecular weight is 217 g/mol. The minimum Gasteiger partial charge on any atom is -0.476 e. The molecule has 0 unspecified atom stereocenters. The van der Waals surface area contributed by atoms with Gasteiger partial charge in [-0.1, -0.05) is 0 Å². The van der Waals surface area contributed by atoms with Crippen LogP contribution in [0.25, 0.3) is 5.65 Å². The normalized spacial score (nSPS) is 15.6. The SMILES string of the molecule is Cc1cnc2c(C3CC3)c(C(=O)O)nn2c1.